The third kappa shape index (κ3) is 5.20. The third-order valence-electron chi connectivity index (χ3n) is 3.56. The van der Waals surface area contributed by atoms with Crippen LogP contribution < -0.4 is 5.32 Å². The number of amides is 1. The highest BCUT2D eigenvalue weighted by Gasteiger charge is 2.21. The van der Waals surface area contributed by atoms with Gasteiger partial charge in [-0.1, -0.05) is 35.5 Å². The highest BCUT2D eigenvalue weighted by atomic mass is 35.5. The van der Waals surface area contributed by atoms with Crippen LogP contribution in [0.2, 0.25) is 5.02 Å². The van der Waals surface area contributed by atoms with Gasteiger partial charge in [0.1, 0.15) is 0 Å². The van der Waals surface area contributed by atoms with E-state index in [-0.39, 0.29) is 11.2 Å². The first-order valence-corrected chi connectivity index (χ1v) is 9.45. The molecular formula is C17H23ClN4O2S. The molecule has 8 heteroatoms. The fourth-order valence-electron chi connectivity index (χ4n) is 2.32. The summed E-state index contributed by atoms with van der Waals surface area (Å²) in [6, 6.07) is 7.54. The summed E-state index contributed by atoms with van der Waals surface area (Å²) in [5, 5.41) is 12.5. The van der Waals surface area contributed by atoms with Crippen LogP contribution in [0.25, 0.3) is 11.4 Å². The molecule has 0 aliphatic heterocycles. The van der Waals surface area contributed by atoms with E-state index in [1.165, 1.54) is 11.8 Å². The van der Waals surface area contributed by atoms with Gasteiger partial charge in [0, 0.05) is 32.4 Å². The Bertz CT molecular complexity index is 708. The van der Waals surface area contributed by atoms with E-state index in [2.05, 4.69) is 15.5 Å². The predicted molar refractivity (Wildman–Crippen MR) is 101 cm³/mol. The van der Waals surface area contributed by atoms with E-state index in [1.54, 1.807) is 7.11 Å². The maximum atomic E-state index is 12.0. The van der Waals surface area contributed by atoms with E-state index in [4.69, 9.17) is 16.3 Å². The number of halogens is 1. The van der Waals surface area contributed by atoms with Crippen LogP contribution in [-0.2, 0) is 16.1 Å². The van der Waals surface area contributed by atoms with Gasteiger partial charge >= 0.3 is 0 Å². The van der Waals surface area contributed by atoms with Crippen LogP contribution in [0.1, 0.15) is 20.3 Å². The fourth-order valence-corrected chi connectivity index (χ4v) is 3.44. The molecule has 1 heterocycles. The molecule has 0 aliphatic carbocycles. The quantitative estimate of drug-likeness (QED) is 0.532. The molecule has 0 saturated carbocycles. The van der Waals surface area contributed by atoms with E-state index in [1.807, 2.05) is 42.7 Å². The van der Waals surface area contributed by atoms with Crippen molar-refractivity contribution in [3.8, 4) is 11.4 Å². The molecule has 0 radical (unpaired) electrons. The summed E-state index contributed by atoms with van der Waals surface area (Å²) in [5.41, 5.74) is 0.826. The van der Waals surface area contributed by atoms with Crippen molar-refractivity contribution in [2.24, 2.45) is 0 Å². The number of hydrogen-bond donors (Lipinski definition) is 1. The zero-order valence-electron chi connectivity index (χ0n) is 14.7. The molecule has 0 fully saturated rings. The molecule has 1 aromatic heterocycles. The van der Waals surface area contributed by atoms with Crippen LogP contribution >= 0.6 is 23.4 Å². The molecular weight excluding hydrogens is 360 g/mol. The Morgan fingerprint density at radius 3 is 2.84 bits per heavy atom. The Morgan fingerprint density at radius 1 is 1.40 bits per heavy atom. The Hall–Kier alpha value is -1.57. The van der Waals surface area contributed by atoms with Gasteiger partial charge in [-0.05, 0) is 32.4 Å². The summed E-state index contributed by atoms with van der Waals surface area (Å²) in [5.74, 6) is 0.686. The molecule has 6 nitrogen and oxygen atoms in total. The summed E-state index contributed by atoms with van der Waals surface area (Å²) in [6.45, 7) is 5.69. The van der Waals surface area contributed by atoms with Crippen LogP contribution in [0.5, 0.6) is 0 Å². The summed E-state index contributed by atoms with van der Waals surface area (Å²) in [4.78, 5) is 12.0. The Labute approximate surface area is 157 Å². The Kier molecular flexibility index (Phi) is 7.74. The minimum Gasteiger partial charge on any atom is -0.385 e. The number of methoxy groups -OCH3 is 1. The lowest BCUT2D eigenvalue weighted by atomic mass is 10.2. The molecule has 1 amide bonds. The lowest BCUT2D eigenvalue weighted by Gasteiger charge is -2.13. The van der Waals surface area contributed by atoms with Crippen molar-refractivity contribution < 1.29 is 9.53 Å². The minimum atomic E-state index is -0.260. The van der Waals surface area contributed by atoms with Gasteiger partial charge in [-0.3, -0.25) is 4.79 Å². The van der Waals surface area contributed by atoms with Gasteiger partial charge in [0.2, 0.25) is 5.91 Å². The van der Waals surface area contributed by atoms with Crippen molar-refractivity contribution in [2.75, 3.05) is 20.3 Å². The van der Waals surface area contributed by atoms with E-state index in [0.29, 0.717) is 35.7 Å². The number of carbonyl (C=O) groups excluding carboxylic acids is 1. The zero-order chi connectivity index (χ0) is 18.2. The molecule has 2 aromatic rings. The molecule has 1 atom stereocenters. The molecule has 0 spiro atoms. The van der Waals surface area contributed by atoms with Gasteiger partial charge in [0.05, 0.1) is 10.3 Å². The van der Waals surface area contributed by atoms with Crippen molar-refractivity contribution in [1.82, 2.24) is 20.1 Å². The molecule has 25 heavy (non-hydrogen) atoms. The fraction of sp³-hybridized carbons (Fsp3) is 0.471. The maximum absolute atomic E-state index is 12.0. The van der Waals surface area contributed by atoms with Crippen molar-refractivity contribution >= 4 is 29.3 Å². The lowest BCUT2D eigenvalue weighted by molar-refractivity contribution is -0.120. The average Bonchev–Trinajstić information content (AvgIpc) is 2.98. The van der Waals surface area contributed by atoms with Crippen molar-refractivity contribution in [1.29, 1.82) is 0 Å². The molecule has 0 bridgehead atoms. The zero-order valence-corrected chi connectivity index (χ0v) is 16.2. The molecule has 0 aliphatic rings. The van der Waals surface area contributed by atoms with Gasteiger partial charge in [-0.15, -0.1) is 10.2 Å². The van der Waals surface area contributed by atoms with Gasteiger partial charge in [0.25, 0.3) is 0 Å². The molecule has 0 saturated heterocycles. The van der Waals surface area contributed by atoms with E-state index in [0.717, 1.165) is 12.0 Å². The first-order valence-electron chi connectivity index (χ1n) is 8.19. The number of carbonyl (C=O) groups is 1. The third-order valence-corrected chi connectivity index (χ3v) is 4.97. The van der Waals surface area contributed by atoms with Crippen LogP contribution in [0.15, 0.2) is 29.4 Å². The predicted octanol–water partition coefficient (Wildman–Crippen LogP) is 3.25. The highest BCUT2D eigenvalue weighted by Crippen LogP contribution is 2.30. The number of hydrogen-bond acceptors (Lipinski definition) is 5. The largest absolute Gasteiger partial charge is 0.385 e. The van der Waals surface area contributed by atoms with Crippen molar-refractivity contribution in [3.63, 3.8) is 0 Å². The van der Waals surface area contributed by atoms with Crippen LogP contribution in [0.4, 0.5) is 0 Å². The van der Waals surface area contributed by atoms with Gasteiger partial charge in [0.15, 0.2) is 11.0 Å². The molecule has 0 unspecified atom stereocenters. The monoisotopic (exact) mass is 382 g/mol. The van der Waals surface area contributed by atoms with Crippen LogP contribution in [0.3, 0.4) is 0 Å². The smallest absolute Gasteiger partial charge is 0.233 e. The highest BCUT2D eigenvalue weighted by molar-refractivity contribution is 8.00. The summed E-state index contributed by atoms with van der Waals surface area (Å²) >= 11 is 7.71. The topological polar surface area (TPSA) is 69.0 Å². The summed E-state index contributed by atoms with van der Waals surface area (Å²) in [6.07, 6.45) is 0.815. The Balaban J connectivity index is 2.30. The standard InChI is InChI=1S/C17H23ClN4O2S/c1-4-19-16(23)12(2)25-17-21-20-15(22(17)10-7-11-24-3)13-8-5-6-9-14(13)18/h5-6,8-9,12H,4,7,10-11H2,1-3H3,(H,19,23)/t12-/m1/s1. The lowest BCUT2D eigenvalue weighted by Crippen LogP contribution is -2.30. The first-order chi connectivity index (χ1) is 12.1. The number of nitrogens with one attached hydrogen (secondary N) is 1. The number of nitrogens with zero attached hydrogens (tertiary/aromatic N) is 3. The van der Waals surface area contributed by atoms with Crippen molar-refractivity contribution in [2.45, 2.75) is 37.2 Å². The number of benzene rings is 1. The second-order valence-corrected chi connectivity index (χ2v) is 7.15. The summed E-state index contributed by atoms with van der Waals surface area (Å²) < 4.78 is 7.15. The van der Waals surface area contributed by atoms with E-state index < -0.39 is 0 Å². The van der Waals surface area contributed by atoms with Gasteiger partial charge in [-0.2, -0.15) is 0 Å². The minimum absolute atomic E-state index is 0.0155. The van der Waals surface area contributed by atoms with Gasteiger partial charge < -0.3 is 14.6 Å². The number of thioether (sulfide) groups is 1. The Morgan fingerprint density at radius 2 is 2.16 bits per heavy atom. The second kappa shape index (κ2) is 9.79. The summed E-state index contributed by atoms with van der Waals surface area (Å²) in [7, 11) is 1.67. The number of rotatable bonds is 9. The van der Waals surface area contributed by atoms with E-state index in [9.17, 15) is 4.79 Å². The second-order valence-electron chi connectivity index (χ2n) is 5.44. The SMILES string of the molecule is CCNC(=O)[C@@H](C)Sc1nnc(-c2ccccc2Cl)n1CCCOC. The van der Waals surface area contributed by atoms with E-state index >= 15 is 0 Å². The maximum Gasteiger partial charge on any atom is 0.233 e. The van der Waals surface area contributed by atoms with Gasteiger partial charge in [-0.25, -0.2) is 0 Å². The van der Waals surface area contributed by atoms with Crippen LogP contribution in [0, 0.1) is 0 Å². The number of aromatic nitrogens is 3. The van der Waals surface area contributed by atoms with Crippen LogP contribution in [-0.4, -0.2) is 46.2 Å². The molecule has 1 N–H and O–H groups in total. The molecule has 1 aromatic carbocycles. The normalized spacial score (nSPS) is 12.2. The van der Waals surface area contributed by atoms with Crippen molar-refractivity contribution in [3.05, 3.63) is 29.3 Å². The first kappa shape index (κ1) is 19.8. The molecule has 2 rings (SSSR count). The number of ether oxygens (including phenoxy) is 1. The molecule has 136 valence electrons. The average molecular weight is 383 g/mol.